The van der Waals surface area contributed by atoms with Crippen LogP contribution >= 0.6 is 31.9 Å². The maximum Gasteiger partial charge on any atom is 0.137 e. The second-order valence-electron chi connectivity index (χ2n) is 4.84. The number of methoxy groups -OCH3 is 1. The smallest absolute Gasteiger partial charge is 0.137 e. The van der Waals surface area contributed by atoms with E-state index in [0.29, 0.717) is 0 Å². The van der Waals surface area contributed by atoms with E-state index in [1.807, 2.05) is 6.07 Å². The minimum absolute atomic E-state index is 0.853. The minimum Gasteiger partial charge on any atom is -0.495 e. The zero-order valence-corrected chi connectivity index (χ0v) is 13.8. The first-order chi connectivity index (χ1) is 8.70. The van der Waals surface area contributed by atoms with Gasteiger partial charge in [-0.3, -0.25) is 0 Å². The molecule has 2 nitrogen and oxygen atoms in total. The number of hydrogen-bond donors (Lipinski definition) is 1. The van der Waals surface area contributed by atoms with E-state index in [4.69, 9.17) is 4.74 Å². The van der Waals surface area contributed by atoms with Crippen LogP contribution in [0.3, 0.4) is 0 Å². The predicted octanol–water partition coefficient (Wildman–Crippen LogP) is 4.50. The van der Waals surface area contributed by atoms with Gasteiger partial charge in [0.15, 0.2) is 0 Å². The molecule has 1 fully saturated rings. The van der Waals surface area contributed by atoms with Gasteiger partial charge in [-0.25, -0.2) is 0 Å². The van der Waals surface area contributed by atoms with Crippen molar-refractivity contribution in [3.05, 3.63) is 26.6 Å². The number of ether oxygens (including phenoxy) is 1. The topological polar surface area (TPSA) is 21.3 Å². The average Bonchev–Trinajstić information content (AvgIpc) is 3.12. The summed E-state index contributed by atoms with van der Waals surface area (Å²) in [5, 5.41) is 3.49. The summed E-state index contributed by atoms with van der Waals surface area (Å²) < 4.78 is 7.50. The summed E-state index contributed by atoms with van der Waals surface area (Å²) in [6.45, 7) is 1.94. The van der Waals surface area contributed by atoms with Gasteiger partial charge in [-0.15, -0.1) is 0 Å². The zero-order valence-electron chi connectivity index (χ0n) is 10.6. The van der Waals surface area contributed by atoms with Crippen LogP contribution in [0.25, 0.3) is 0 Å². The van der Waals surface area contributed by atoms with Gasteiger partial charge in [-0.1, -0.05) is 28.8 Å². The van der Waals surface area contributed by atoms with Gasteiger partial charge in [0, 0.05) is 16.6 Å². The molecular formula is C14H19Br2NO. The highest BCUT2D eigenvalue weighted by atomic mass is 79.9. The van der Waals surface area contributed by atoms with Crippen molar-refractivity contribution in [2.75, 3.05) is 13.7 Å². The highest BCUT2D eigenvalue weighted by Gasteiger charge is 2.19. The Hall–Kier alpha value is -0.0600. The zero-order chi connectivity index (χ0) is 13.0. The molecule has 0 bridgehead atoms. The Labute approximate surface area is 126 Å². The van der Waals surface area contributed by atoms with Gasteiger partial charge in [0.1, 0.15) is 5.75 Å². The Morgan fingerprint density at radius 3 is 2.78 bits per heavy atom. The largest absolute Gasteiger partial charge is 0.495 e. The van der Waals surface area contributed by atoms with Gasteiger partial charge in [-0.2, -0.15) is 0 Å². The van der Waals surface area contributed by atoms with Gasteiger partial charge in [-0.05, 0) is 53.4 Å². The normalized spacial score (nSPS) is 14.8. The van der Waals surface area contributed by atoms with Crippen LogP contribution in [0.1, 0.15) is 31.2 Å². The third-order valence-corrected chi connectivity index (χ3v) is 4.31. The van der Waals surface area contributed by atoms with Crippen molar-refractivity contribution < 1.29 is 4.74 Å². The molecule has 0 saturated heterocycles. The molecule has 1 N–H and O–H groups in total. The fraction of sp³-hybridized carbons (Fsp3) is 0.571. The van der Waals surface area contributed by atoms with Crippen LogP contribution in [0.2, 0.25) is 0 Å². The fourth-order valence-corrected chi connectivity index (χ4v) is 3.59. The molecule has 0 atom stereocenters. The van der Waals surface area contributed by atoms with Gasteiger partial charge < -0.3 is 10.1 Å². The molecule has 0 amide bonds. The van der Waals surface area contributed by atoms with Crippen LogP contribution < -0.4 is 10.1 Å². The molecule has 1 aliphatic rings. The summed E-state index contributed by atoms with van der Waals surface area (Å²) in [4.78, 5) is 0. The molecule has 0 aliphatic heterocycles. The molecule has 1 aliphatic carbocycles. The molecule has 100 valence electrons. The van der Waals surface area contributed by atoms with Crippen molar-refractivity contribution in [2.45, 2.75) is 32.2 Å². The molecule has 4 heteroatoms. The number of nitrogens with one attached hydrogen (secondary N) is 1. The van der Waals surface area contributed by atoms with E-state index in [0.717, 1.165) is 33.7 Å². The Morgan fingerprint density at radius 2 is 2.11 bits per heavy atom. The maximum absolute atomic E-state index is 5.43. The Morgan fingerprint density at radius 1 is 1.33 bits per heavy atom. The molecular weight excluding hydrogens is 358 g/mol. The van der Waals surface area contributed by atoms with E-state index in [9.17, 15) is 0 Å². The summed E-state index contributed by atoms with van der Waals surface area (Å²) in [5.74, 6) is 1.95. The Balaban J connectivity index is 1.82. The van der Waals surface area contributed by atoms with E-state index in [1.165, 1.54) is 31.2 Å². The minimum atomic E-state index is 0.853. The third kappa shape index (κ3) is 4.25. The van der Waals surface area contributed by atoms with E-state index in [-0.39, 0.29) is 0 Å². The second kappa shape index (κ2) is 6.92. The van der Waals surface area contributed by atoms with E-state index >= 15 is 0 Å². The molecule has 2 rings (SSSR count). The van der Waals surface area contributed by atoms with Crippen molar-refractivity contribution in [3.63, 3.8) is 0 Å². The molecule has 0 spiro atoms. The molecule has 18 heavy (non-hydrogen) atoms. The number of hydrogen-bond acceptors (Lipinski definition) is 2. The van der Waals surface area contributed by atoms with Crippen molar-refractivity contribution in [2.24, 2.45) is 5.92 Å². The second-order valence-corrected chi connectivity index (χ2v) is 6.61. The monoisotopic (exact) mass is 375 g/mol. The van der Waals surface area contributed by atoms with E-state index < -0.39 is 0 Å². The van der Waals surface area contributed by atoms with Gasteiger partial charge in [0.2, 0.25) is 0 Å². The Kier molecular flexibility index (Phi) is 5.52. The summed E-state index contributed by atoms with van der Waals surface area (Å²) in [6, 6.07) is 4.12. The first kappa shape index (κ1) is 14.4. The quantitative estimate of drug-likeness (QED) is 0.707. The van der Waals surface area contributed by atoms with Crippen molar-refractivity contribution in [1.82, 2.24) is 5.32 Å². The summed E-state index contributed by atoms with van der Waals surface area (Å²) >= 11 is 7.04. The lowest BCUT2D eigenvalue weighted by molar-refractivity contribution is 0.404. The first-order valence-electron chi connectivity index (χ1n) is 6.43. The SMILES string of the molecule is COc1c(Br)cc(Br)cc1CNCCCC1CC1. The summed E-state index contributed by atoms with van der Waals surface area (Å²) in [6.07, 6.45) is 5.56. The summed E-state index contributed by atoms with van der Waals surface area (Å²) in [5.41, 5.74) is 1.19. The van der Waals surface area contributed by atoms with Crippen LogP contribution in [0.15, 0.2) is 21.1 Å². The lowest BCUT2D eigenvalue weighted by atomic mass is 10.2. The summed E-state index contributed by atoms with van der Waals surface area (Å²) in [7, 11) is 1.71. The van der Waals surface area contributed by atoms with Crippen molar-refractivity contribution >= 4 is 31.9 Å². The standard InChI is InChI=1S/C14H19Br2NO/c1-18-14-11(7-12(15)8-13(14)16)9-17-6-2-3-10-4-5-10/h7-8,10,17H,2-6,9H2,1H3. The molecule has 0 aromatic heterocycles. The van der Waals surface area contributed by atoms with Crippen LogP contribution in [-0.4, -0.2) is 13.7 Å². The van der Waals surface area contributed by atoms with Gasteiger partial charge in [0.05, 0.1) is 11.6 Å². The lowest BCUT2D eigenvalue weighted by Crippen LogP contribution is -2.15. The third-order valence-electron chi connectivity index (χ3n) is 3.27. The fourth-order valence-electron chi connectivity index (χ4n) is 2.12. The van der Waals surface area contributed by atoms with Crippen molar-refractivity contribution in [3.8, 4) is 5.75 Å². The van der Waals surface area contributed by atoms with Gasteiger partial charge in [0.25, 0.3) is 0 Å². The van der Waals surface area contributed by atoms with Gasteiger partial charge >= 0.3 is 0 Å². The molecule has 0 unspecified atom stereocenters. The number of benzene rings is 1. The maximum atomic E-state index is 5.43. The highest BCUT2D eigenvalue weighted by molar-refractivity contribution is 9.11. The number of rotatable bonds is 7. The lowest BCUT2D eigenvalue weighted by Gasteiger charge is -2.12. The molecule has 0 heterocycles. The van der Waals surface area contributed by atoms with Crippen LogP contribution in [0.4, 0.5) is 0 Å². The van der Waals surface area contributed by atoms with Crippen LogP contribution in [0, 0.1) is 5.92 Å². The van der Waals surface area contributed by atoms with Crippen LogP contribution in [-0.2, 0) is 6.54 Å². The predicted molar refractivity (Wildman–Crippen MR) is 82.1 cm³/mol. The molecule has 1 saturated carbocycles. The van der Waals surface area contributed by atoms with Crippen LogP contribution in [0.5, 0.6) is 5.75 Å². The van der Waals surface area contributed by atoms with E-state index in [1.54, 1.807) is 7.11 Å². The molecule has 0 radical (unpaired) electrons. The average molecular weight is 377 g/mol. The molecule has 1 aromatic rings. The first-order valence-corrected chi connectivity index (χ1v) is 8.02. The molecule has 1 aromatic carbocycles. The van der Waals surface area contributed by atoms with Crippen molar-refractivity contribution in [1.29, 1.82) is 0 Å². The number of halogens is 2. The Bertz CT molecular complexity index is 405. The van der Waals surface area contributed by atoms with E-state index in [2.05, 4.69) is 43.2 Å². The highest BCUT2D eigenvalue weighted by Crippen LogP contribution is 2.34.